The van der Waals surface area contributed by atoms with Gasteiger partial charge in [-0.2, -0.15) is 4.98 Å². The first-order chi connectivity index (χ1) is 9.35. The summed E-state index contributed by atoms with van der Waals surface area (Å²) in [5.41, 5.74) is 3.68. The van der Waals surface area contributed by atoms with Crippen molar-refractivity contribution in [1.82, 2.24) is 10.3 Å². The number of hydrogen-bond donors (Lipinski definition) is 1. The van der Waals surface area contributed by atoms with Crippen LogP contribution in [0.1, 0.15) is 29.7 Å². The third kappa shape index (κ3) is 2.79. The number of hydrogen-bond acceptors (Lipinski definition) is 4. The van der Waals surface area contributed by atoms with Crippen LogP contribution in [0, 0.1) is 0 Å². The van der Waals surface area contributed by atoms with Gasteiger partial charge < -0.3 is 14.5 Å². The topological polar surface area (TPSA) is 47.3 Å². The summed E-state index contributed by atoms with van der Waals surface area (Å²) >= 11 is 0. The van der Waals surface area contributed by atoms with Crippen LogP contribution in [0.3, 0.4) is 0 Å². The van der Waals surface area contributed by atoms with Gasteiger partial charge in [-0.25, -0.2) is 0 Å². The van der Waals surface area contributed by atoms with Gasteiger partial charge in [0, 0.05) is 6.54 Å². The van der Waals surface area contributed by atoms with Crippen LogP contribution >= 0.6 is 0 Å². The van der Waals surface area contributed by atoms with Crippen molar-refractivity contribution in [3.8, 4) is 11.8 Å². The summed E-state index contributed by atoms with van der Waals surface area (Å²) in [6, 6.07) is 6.25. The zero-order chi connectivity index (χ0) is 13.1. The predicted molar refractivity (Wildman–Crippen MR) is 72.4 cm³/mol. The van der Waals surface area contributed by atoms with Gasteiger partial charge in [0.2, 0.25) is 0 Å². The fourth-order valence-electron chi connectivity index (χ4n) is 2.47. The number of ether oxygens (including phenoxy) is 1. The number of nitrogens with zero attached hydrogens (tertiary/aromatic N) is 1. The molecule has 0 radical (unpaired) electrons. The maximum absolute atomic E-state index is 5.67. The summed E-state index contributed by atoms with van der Waals surface area (Å²) in [5.74, 6) is 0.804. The van der Waals surface area contributed by atoms with Gasteiger partial charge in [-0.05, 0) is 56.0 Å². The first-order valence-corrected chi connectivity index (χ1v) is 6.74. The molecular weight excluding hydrogens is 240 g/mol. The Hall–Kier alpha value is -1.81. The van der Waals surface area contributed by atoms with Crippen molar-refractivity contribution in [2.45, 2.75) is 32.2 Å². The molecule has 0 spiro atoms. The molecule has 0 amide bonds. The zero-order valence-electron chi connectivity index (χ0n) is 11.1. The molecule has 0 bridgehead atoms. The number of rotatable bonds is 4. The second kappa shape index (κ2) is 5.45. The van der Waals surface area contributed by atoms with Crippen molar-refractivity contribution >= 4 is 0 Å². The minimum Gasteiger partial charge on any atom is -0.417 e. The molecule has 1 aromatic heterocycles. The lowest BCUT2D eigenvalue weighted by Gasteiger charge is -2.15. The van der Waals surface area contributed by atoms with Crippen LogP contribution < -0.4 is 10.1 Å². The van der Waals surface area contributed by atoms with Crippen LogP contribution in [0.5, 0.6) is 11.8 Å². The van der Waals surface area contributed by atoms with Gasteiger partial charge in [-0.1, -0.05) is 6.07 Å². The van der Waals surface area contributed by atoms with Crippen LogP contribution in [-0.4, -0.2) is 12.0 Å². The van der Waals surface area contributed by atoms with Crippen molar-refractivity contribution in [2.24, 2.45) is 0 Å². The number of oxazole rings is 1. The lowest BCUT2D eigenvalue weighted by Crippen LogP contribution is -2.05. The molecule has 1 aromatic carbocycles. The van der Waals surface area contributed by atoms with Crippen LogP contribution in [0.4, 0.5) is 0 Å². The highest BCUT2D eigenvalue weighted by molar-refractivity contribution is 5.37. The van der Waals surface area contributed by atoms with E-state index in [-0.39, 0.29) is 0 Å². The molecule has 100 valence electrons. The largest absolute Gasteiger partial charge is 0.417 e. The number of aryl methyl sites for hydroxylation is 2. The summed E-state index contributed by atoms with van der Waals surface area (Å²) in [5, 5.41) is 3.02. The normalized spacial score (nSPS) is 14.2. The van der Waals surface area contributed by atoms with Gasteiger partial charge in [0.15, 0.2) is 0 Å². The number of nitrogens with one attached hydrogen (secondary N) is 1. The first-order valence-electron chi connectivity index (χ1n) is 6.74. The molecule has 0 unspecified atom stereocenters. The summed E-state index contributed by atoms with van der Waals surface area (Å²) in [4.78, 5) is 4.26. The van der Waals surface area contributed by atoms with Crippen molar-refractivity contribution in [2.75, 3.05) is 7.05 Å². The highest BCUT2D eigenvalue weighted by Gasteiger charge is 2.11. The molecule has 1 heterocycles. The van der Waals surface area contributed by atoms with E-state index in [1.165, 1.54) is 30.4 Å². The van der Waals surface area contributed by atoms with Crippen LogP contribution in [0.25, 0.3) is 0 Å². The van der Waals surface area contributed by atoms with Crippen molar-refractivity contribution in [3.05, 3.63) is 41.3 Å². The van der Waals surface area contributed by atoms with Crippen molar-refractivity contribution < 1.29 is 9.15 Å². The second-order valence-corrected chi connectivity index (χ2v) is 4.87. The van der Waals surface area contributed by atoms with E-state index in [2.05, 4.69) is 22.4 Å². The Morgan fingerprint density at radius 2 is 2.11 bits per heavy atom. The van der Waals surface area contributed by atoms with E-state index in [4.69, 9.17) is 9.15 Å². The smallest absolute Gasteiger partial charge is 0.399 e. The maximum atomic E-state index is 5.67. The second-order valence-electron chi connectivity index (χ2n) is 4.87. The van der Waals surface area contributed by atoms with Crippen LogP contribution in [0.2, 0.25) is 0 Å². The van der Waals surface area contributed by atoms with Gasteiger partial charge in [0.1, 0.15) is 12.0 Å². The van der Waals surface area contributed by atoms with E-state index in [1.54, 1.807) is 6.26 Å². The summed E-state index contributed by atoms with van der Waals surface area (Å²) in [6.07, 6.45) is 6.80. The Balaban J connectivity index is 1.75. The molecule has 4 heteroatoms. The highest BCUT2D eigenvalue weighted by atomic mass is 16.6. The van der Waals surface area contributed by atoms with E-state index >= 15 is 0 Å². The first kappa shape index (κ1) is 12.2. The SMILES string of the molecule is CNCc1coc(Oc2ccc3c(c2)CCCC3)n1. The van der Waals surface area contributed by atoms with E-state index in [9.17, 15) is 0 Å². The van der Waals surface area contributed by atoms with Gasteiger partial charge in [-0.15, -0.1) is 0 Å². The molecule has 4 nitrogen and oxygen atoms in total. The summed E-state index contributed by atoms with van der Waals surface area (Å²) < 4.78 is 11.0. The molecule has 0 saturated heterocycles. The minimum atomic E-state index is 0.306. The van der Waals surface area contributed by atoms with Crippen molar-refractivity contribution in [3.63, 3.8) is 0 Å². The molecule has 19 heavy (non-hydrogen) atoms. The fraction of sp³-hybridized carbons (Fsp3) is 0.400. The average molecular weight is 258 g/mol. The molecule has 0 atom stereocenters. The minimum absolute atomic E-state index is 0.306. The highest BCUT2D eigenvalue weighted by Crippen LogP contribution is 2.28. The van der Waals surface area contributed by atoms with E-state index < -0.39 is 0 Å². The van der Waals surface area contributed by atoms with Gasteiger partial charge in [0.25, 0.3) is 0 Å². The maximum Gasteiger partial charge on any atom is 0.399 e. The number of fused-ring (bicyclic) bond motifs is 1. The standard InChI is InChI=1S/C15H18N2O2/c1-16-9-13-10-18-15(17-13)19-14-7-6-11-4-2-3-5-12(11)8-14/h6-8,10,16H,2-5,9H2,1H3. The lowest BCUT2D eigenvalue weighted by molar-refractivity contribution is 0.330. The average Bonchev–Trinajstić information content (AvgIpc) is 2.86. The van der Waals surface area contributed by atoms with Gasteiger partial charge in [-0.3, -0.25) is 0 Å². The van der Waals surface area contributed by atoms with Crippen LogP contribution in [0.15, 0.2) is 28.9 Å². The third-order valence-corrected chi connectivity index (χ3v) is 3.41. The Bertz CT molecular complexity index is 563. The molecule has 3 rings (SSSR count). The molecule has 0 fully saturated rings. The van der Waals surface area contributed by atoms with Gasteiger partial charge in [0.05, 0.1) is 5.69 Å². The fourth-order valence-corrected chi connectivity index (χ4v) is 2.47. The summed E-state index contributed by atoms with van der Waals surface area (Å²) in [7, 11) is 1.87. The molecule has 1 aliphatic carbocycles. The zero-order valence-corrected chi connectivity index (χ0v) is 11.1. The quantitative estimate of drug-likeness (QED) is 0.915. The Labute approximate surface area is 112 Å². The number of benzene rings is 1. The molecule has 1 aliphatic rings. The monoisotopic (exact) mass is 258 g/mol. The molecule has 0 saturated carbocycles. The summed E-state index contributed by atoms with van der Waals surface area (Å²) in [6.45, 7) is 0.678. The van der Waals surface area contributed by atoms with E-state index in [0.717, 1.165) is 17.9 Å². The Morgan fingerprint density at radius 1 is 1.26 bits per heavy atom. The number of aromatic nitrogens is 1. The Kier molecular flexibility index (Phi) is 3.51. The molecule has 0 aliphatic heterocycles. The van der Waals surface area contributed by atoms with Crippen LogP contribution in [-0.2, 0) is 19.4 Å². The third-order valence-electron chi connectivity index (χ3n) is 3.41. The van der Waals surface area contributed by atoms with Gasteiger partial charge >= 0.3 is 6.08 Å². The predicted octanol–water partition coefficient (Wildman–Crippen LogP) is 3.07. The van der Waals surface area contributed by atoms with E-state index in [0.29, 0.717) is 12.6 Å². The lowest BCUT2D eigenvalue weighted by atomic mass is 9.92. The Morgan fingerprint density at radius 3 is 2.95 bits per heavy atom. The van der Waals surface area contributed by atoms with Crippen molar-refractivity contribution in [1.29, 1.82) is 0 Å². The molecule has 2 aromatic rings. The molecule has 1 N–H and O–H groups in total. The van der Waals surface area contributed by atoms with E-state index in [1.807, 2.05) is 13.1 Å². The molecular formula is C15H18N2O2.